The third-order valence-corrected chi connectivity index (χ3v) is 3.69. The number of anilines is 1. The fourth-order valence-corrected chi connectivity index (χ4v) is 2.43. The lowest BCUT2D eigenvalue weighted by Gasteiger charge is -2.05. The van der Waals surface area contributed by atoms with Crippen LogP contribution in [0.5, 0.6) is 5.75 Å². The summed E-state index contributed by atoms with van der Waals surface area (Å²) >= 11 is 0. The summed E-state index contributed by atoms with van der Waals surface area (Å²) in [5, 5.41) is 8.80. The van der Waals surface area contributed by atoms with Gasteiger partial charge in [0.1, 0.15) is 16.8 Å². The number of esters is 1. The molecule has 0 spiro atoms. The molecule has 0 aliphatic carbocycles. The number of aromatic nitrogens is 3. The molecule has 3 aromatic carbocycles. The zero-order chi connectivity index (χ0) is 17.2. The smallest absolute Gasteiger partial charge is 0.343 e. The molecule has 6 heteroatoms. The summed E-state index contributed by atoms with van der Waals surface area (Å²) in [6.07, 6.45) is 0. The predicted octanol–water partition coefficient (Wildman–Crippen LogP) is 3.22. The largest absolute Gasteiger partial charge is 0.423 e. The van der Waals surface area contributed by atoms with Gasteiger partial charge in [-0.2, -0.15) is 4.80 Å². The number of ether oxygens (including phenoxy) is 1. The lowest BCUT2D eigenvalue weighted by atomic mass is 10.2. The maximum atomic E-state index is 12.2. The first-order chi connectivity index (χ1) is 12.2. The van der Waals surface area contributed by atoms with Crippen molar-refractivity contribution in [1.29, 1.82) is 0 Å². The van der Waals surface area contributed by atoms with Gasteiger partial charge >= 0.3 is 5.97 Å². The van der Waals surface area contributed by atoms with E-state index >= 15 is 0 Å². The van der Waals surface area contributed by atoms with Gasteiger partial charge in [-0.15, -0.1) is 10.2 Å². The van der Waals surface area contributed by atoms with E-state index in [2.05, 4.69) is 10.2 Å². The zero-order valence-electron chi connectivity index (χ0n) is 13.2. The van der Waals surface area contributed by atoms with E-state index in [9.17, 15) is 4.79 Å². The maximum absolute atomic E-state index is 12.2. The number of nitrogens with two attached hydrogens (primary N) is 1. The number of hydrogen-bond donors (Lipinski definition) is 1. The summed E-state index contributed by atoms with van der Waals surface area (Å²) in [4.78, 5) is 13.7. The number of nitrogens with zero attached hydrogens (tertiary/aromatic N) is 3. The van der Waals surface area contributed by atoms with Crippen molar-refractivity contribution in [2.45, 2.75) is 0 Å². The monoisotopic (exact) mass is 330 g/mol. The van der Waals surface area contributed by atoms with Crippen molar-refractivity contribution in [2.24, 2.45) is 0 Å². The first-order valence-electron chi connectivity index (χ1n) is 7.69. The van der Waals surface area contributed by atoms with E-state index in [4.69, 9.17) is 10.5 Å². The van der Waals surface area contributed by atoms with Crippen molar-refractivity contribution in [3.8, 4) is 11.4 Å². The van der Waals surface area contributed by atoms with E-state index in [1.54, 1.807) is 48.5 Å². The van der Waals surface area contributed by atoms with Crippen LogP contribution in [0.25, 0.3) is 16.7 Å². The lowest BCUT2D eigenvalue weighted by Crippen LogP contribution is -2.08. The molecule has 1 aromatic heterocycles. The van der Waals surface area contributed by atoms with Crippen molar-refractivity contribution in [1.82, 2.24) is 15.0 Å². The van der Waals surface area contributed by atoms with Gasteiger partial charge in [-0.25, -0.2) is 4.79 Å². The van der Waals surface area contributed by atoms with Crippen LogP contribution in [0.3, 0.4) is 0 Å². The van der Waals surface area contributed by atoms with Crippen molar-refractivity contribution < 1.29 is 9.53 Å². The molecular weight excluding hydrogens is 316 g/mol. The van der Waals surface area contributed by atoms with Crippen LogP contribution in [0.2, 0.25) is 0 Å². The second-order valence-corrected chi connectivity index (χ2v) is 5.49. The first kappa shape index (κ1) is 14.9. The van der Waals surface area contributed by atoms with Gasteiger partial charge < -0.3 is 10.5 Å². The fourth-order valence-electron chi connectivity index (χ4n) is 2.43. The van der Waals surface area contributed by atoms with Crippen molar-refractivity contribution >= 4 is 22.7 Å². The third kappa shape index (κ3) is 3.05. The normalized spacial score (nSPS) is 10.7. The summed E-state index contributed by atoms with van der Waals surface area (Å²) in [6, 6.07) is 21.2. The molecule has 4 rings (SSSR count). The van der Waals surface area contributed by atoms with Gasteiger partial charge in [0.2, 0.25) is 0 Å². The Hall–Kier alpha value is -3.67. The molecular formula is C19H14N4O2. The number of nitrogen functional groups attached to an aromatic ring is 1. The highest BCUT2D eigenvalue weighted by atomic mass is 16.5. The van der Waals surface area contributed by atoms with Gasteiger partial charge in [0.25, 0.3) is 0 Å². The lowest BCUT2D eigenvalue weighted by molar-refractivity contribution is 0.0735. The predicted molar refractivity (Wildman–Crippen MR) is 94.7 cm³/mol. The molecule has 0 saturated heterocycles. The van der Waals surface area contributed by atoms with E-state index in [1.165, 1.54) is 4.80 Å². The highest BCUT2D eigenvalue weighted by molar-refractivity contribution is 5.91. The standard InChI is InChI=1S/C19H14N4O2/c20-14-8-11-17-18(12-14)22-23(21-17)15-9-6-13(7-10-15)19(24)25-16-4-2-1-3-5-16/h1-12H,20H2. The molecule has 4 aromatic rings. The summed E-state index contributed by atoms with van der Waals surface area (Å²) in [5.41, 5.74) is 9.06. The Bertz CT molecular complexity index is 1040. The summed E-state index contributed by atoms with van der Waals surface area (Å²) in [6.45, 7) is 0. The minimum atomic E-state index is -0.413. The molecule has 0 unspecified atom stereocenters. The molecule has 0 saturated carbocycles. The van der Waals surface area contributed by atoms with Gasteiger partial charge in [0.15, 0.2) is 0 Å². The van der Waals surface area contributed by atoms with Crippen molar-refractivity contribution in [3.63, 3.8) is 0 Å². The molecule has 25 heavy (non-hydrogen) atoms. The summed E-state index contributed by atoms with van der Waals surface area (Å²) in [7, 11) is 0. The van der Waals surface area contributed by atoms with E-state index in [-0.39, 0.29) is 0 Å². The first-order valence-corrected chi connectivity index (χ1v) is 7.69. The minimum Gasteiger partial charge on any atom is -0.423 e. The number of hydrogen-bond acceptors (Lipinski definition) is 5. The number of carbonyl (C=O) groups is 1. The molecule has 0 amide bonds. The molecule has 0 aliphatic rings. The second-order valence-electron chi connectivity index (χ2n) is 5.49. The van der Waals surface area contributed by atoms with Crippen LogP contribution < -0.4 is 10.5 Å². The number of carbonyl (C=O) groups excluding carboxylic acids is 1. The molecule has 0 fully saturated rings. The van der Waals surface area contributed by atoms with Gasteiger partial charge in [-0.05, 0) is 54.6 Å². The number of fused-ring (bicyclic) bond motifs is 1. The van der Waals surface area contributed by atoms with Crippen molar-refractivity contribution in [3.05, 3.63) is 78.4 Å². The van der Waals surface area contributed by atoms with Crippen LogP contribution in [-0.2, 0) is 0 Å². The van der Waals surface area contributed by atoms with Crippen LogP contribution in [0.15, 0.2) is 72.8 Å². The zero-order valence-corrected chi connectivity index (χ0v) is 13.2. The third-order valence-electron chi connectivity index (χ3n) is 3.69. The Morgan fingerprint density at radius 3 is 2.36 bits per heavy atom. The van der Waals surface area contributed by atoms with Crippen LogP contribution in [0.1, 0.15) is 10.4 Å². The van der Waals surface area contributed by atoms with Gasteiger partial charge in [-0.1, -0.05) is 18.2 Å². The molecule has 6 nitrogen and oxygen atoms in total. The molecule has 0 radical (unpaired) electrons. The number of para-hydroxylation sites is 1. The molecule has 2 N–H and O–H groups in total. The SMILES string of the molecule is Nc1ccc2nn(-c3ccc(C(=O)Oc4ccccc4)cc3)nc2c1. The van der Waals surface area contributed by atoms with E-state index in [1.807, 2.05) is 24.3 Å². The second kappa shape index (κ2) is 6.09. The van der Waals surface area contributed by atoms with Crippen molar-refractivity contribution in [2.75, 3.05) is 5.73 Å². The van der Waals surface area contributed by atoms with Crippen LogP contribution in [0, 0.1) is 0 Å². The number of benzene rings is 3. The summed E-state index contributed by atoms with van der Waals surface area (Å²) < 4.78 is 5.32. The minimum absolute atomic E-state index is 0.413. The average Bonchev–Trinajstić information content (AvgIpc) is 3.06. The highest BCUT2D eigenvalue weighted by Gasteiger charge is 2.10. The Balaban J connectivity index is 1.57. The average molecular weight is 330 g/mol. The molecule has 0 bridgehead atoms. The molecule has 122 valence electrons. The van der Waals surface area contributed by atoms with Gasteiger partial charge in [0, 0.05) is 5.69 Å². The van der Waals surface area contributed by atoms with Crippen LogP contribution in [0.4, 0.5) is 5.69 Å². The molecule has 0 aliphatic heterocycles. The Morgan fingerprint density at radius 2 is 1.60 bits per heavy atom. The topological polar surface area (TPSA) is 83.0 Å². The van der Waals surface area contributed by atoms with E-state index in [0.717, 1.165) is 11.2 Å². The number of rotatable bonds is 3. The Morgan fingerprint density at radius 1 is 0.880 bits per heavy atom. The van der Waals surface area contributed by atoms with Crippen LogP contribution >= 0.6 is 0 Å². The maximum Gasteiger partial charge on any atom is 0.343 e. The van der Waals surface area contributed by atoms with E-state index in [0.29, 0.717) is 22.5 Å². The van der Waals surface area contributed by atoms with Crippen LogP contribution in [-0.4, -0.2) is 21.0 Å². The van der Waals surface area contributed by atoms with E-state index < -0.39 is 5.97 Å². The Labute approximate surface area is 143 Å². The quantitative estimate of drug-likeness (QED) is 0.354. The molecule has 1 heterocycles. The highest BCUT2D eigenvalue weighted by Crippen LogP contribution is 2.17. The molecule has 0 atom stereocenters. The van der Waals surface area contributed by atoms with Gasteiger partial charge in [-0.3, -0.25) is 0 Å². The fraction of sp³-hybridized carbons (Fsp3) is 0. The summed E-state index contributed by atoms with van der Waals surface area (Å²) in [5.74, 6) is 0.0956. The van der Waals surface area contributed by atoms with Gasteiger partial charge in [0.05, 0.1) is 11.3 Å². The Kier molecular flexibility index (Phi) is 3.63.